The van der Waals surface area contributed by atoms with Crippen LogP contribution < -0.4 is 5.32 Å². The fourth-order valence-electron chi connectivity index (χ4n) is 6.13. The fraction of sp³-hybridized carbons (Fsp3) is 0.533. The molecule has 2 aliphatic heterocycles. The summed E-state index contributed by atoms with van der Waals surface area (Å²) in [5.41, 5.74) is 4.87. The molecule has 5 rings (SSSR count). The van der Waals surface area contributed by atoms with Crippen LogP contribution in [0.25, 0.3) is 0 Å². The summed E-state index contributed by atoms with van der Waals surface area (Å²) in [6.07, 6.45) is 6.71. The highest BCUT2D eigenvalue weighted by Gasteiger charge is 2.46. The van der Waals surface area contributed by atoms with Crippen molar-refractivity contribution in [2.24, 2.45) is 5.92 Å². The Morgan fingerprint density at radius 2 is 1.72 bits per heavy atom. The number of benzene rings is 2. The number of ether oxygens (including phenoxy) is 1. The number of likely N-dealkylation sites (tertiary alicyclic amines) is 1. The molecule has 3 nitrogen and oxygen atoms in total. The molecule has 1 N–H and O–H groups in total. The van der Waals surface area contributed by atoms with E-state index in [9.17, 15) is 4.39 Å². The lowest BCUT2D eigenvalue weighted by molar-refractivity contribution is -0.117. The van der Waals surface area contributed by atoms with Crippen LogP contribution in [0.1, 0.15) is 69.4 Å². The number of hydrogen-bond donors (Lipinski definition) is 1. The van der Waals surface area contributed by atoms with Crippen LogP contribution in [-0.4, -0.2) is 36.2 Å². The second kappa shape index (κ2) is 11.0. The highest BCUT2D eigenvalue weighted by atomic mass is 35.5. The van der Waals surface area contributed by atoms with Crippen molar-refractivity contribution in [3.05, 3.63) is 80.7 Å². The molecule has 0 aromatic heterocycles. The van der Waals surface area contributed by atoms with Gasteiger partial charge < -0.3 is 10.1 Å². The zero-order valence-electron chi connectivity index (χ0n) is 21.3. The van der Waals surface area contributed by atoms with E-state index in [-0.39, 0.29) is 11.4 Å². The topological polar surface area (TPSA) is 24.5 Å². The second-order valence-electron chi connectivity index (χ2n) is 11.0. The lowest BCUT2D eigenvalue weighted by Crippen LogP contribution is -2.54. The number of rotatable bonds is 7. The monoisotopic (exact) mass is 530 g/mol. The minimum atomic E-state index is -0.267. The summed E-state index contributed by atoms with van der Waals surface area (Å²) >= 11 is 12.5. The average molecular weight is 532 g/mol. The van der Waals surface area contributed by atoms with Crippen molar-refractivity contribution < 1.29 is 9.13 Å². The van der Waals surface area contributed by atoms with E-state index in [1.807, 2.05) is 24.3 Å². The Kier molecular flexibility index (Phi) is 7.98. The zero-order valence-corrected chi connectivity index (χ0v) is 22.8. The van der Waals surface area contributed by atoms with Crippen LogP contribution in [0, 0.1) is 11.7 Å². The van der Waals surface area contributed by atoms with Crippen molar-refractivity contribution in [2.75, 3.05) is 19.7 Å². The van der Waals surface area contributed by atoms with Crippen molar-refractivity contribution in [1.82, 2.24) is 10.2 Å². The van der Waals surface area contributed by atoms with Gasteiger partial charge in [-0.25, -0.2) is 4.39 Å². The Morgan fingerprint density at radius 1 is 1.06 bits per heavy atom. The SMILES string of the molecule is CC(C)C1(C(NCc2cc(Cl)cc(Cl)c2)=C2CC2)CCC(N2CCC(c3ccc(F)cc3)CC2)CO1. The predicted octanol–water partition coefficient (Wildman–Crippen LogP) is 7.72. The van der Waals surface area contributed by atoms with Gasteiger partial charge in [0.2, 0.25) is 0 Å². The van der Waals surface area contributed by atoms with E-state index >= 15 is 0 Å². The molecule has 0 radical (unpaired) electrons. The van der Waals surface area contributed by atoms with Gasteiger partial charge in [-0.2, -0.15) is 0 Å². The average Bonchev–Trinajstić information content (AvgIpc) is 3.70. The molecule has 2 aromatic rings. The normalized spacial score (nSPS) is 25.3. The molecule has 0 amide bonds. The molecule has 2 aromatic carbocycles. The Labute approximate surface area is 225 Å². The number of nitrogens with zero attached hydrogens (tertiary/aromatic N) is 1. The van der Waals surface area contributed by atoms with Crippen LogP contribution in [0.2, 0.25) is 10.0 Å². The lowest BCUT2D eigenvalue weighted by Gasteiger charge is -2.48. The molecule has 1 saturated carbocycles. The molecule has 0 bridgehead atoms. The largest absolute Gasteiger partial charge is 0.382 e. The predicted molar refractivity (Wildman–Crippen MR) is 146 cm³/mol. The van der Waals surface area contributed by atoms with Gasteiger partial charge in [-0.15, -0.1) is 0 Å². The van der Waals surface area contributed by atoms with Crippen LogP contribution in [0.3, 0.4) is 0 Å². The summed E-state index contributed by atoms with van der Waals surface area (Å²) < 4.78 is 20.2. The molecule has 36 heavy (non-hydrogen) atoms. The Hall–Kier alpha value is -1.59. The minimum Gasteiger partial charge on any atom is -0.382 e. The maximum Gasteiger partial charge on any atom is 0.123 e. The minimum absolute atomic E-state index is 0.157. The maximum atomic E-state index is 13.3. The smallest absolute Gasteiger partial charge is 0.123 e. The zero-order chi connectivity index (χ0) is 25.3. The molecular weight excluding hydrogens is 494 g/mol. The van der Waals surface area contributed by atoms with Gasteiger partial charge in [0.25, 0.3) is 0 Å². The van der Waals surface area contributed by atoms with E-state index in [1.165, 1.54) is 16.8 Å². The molecule has 1 aliphatic carbocycles. The fourth-order valence-corrected chi connectivity index (χ4v) is 6.70. The molecule has 2 heterocycles. The van der Waals surface area contributed by atoms with Crippen molar-refractivity contribution in [2.45, 2.75) is 76.5 Å². The molecule has 194 valence electrons. The molecule has 3 fully saturated rings. The summed E-state index contributed by atoms with van der Waals surface area (Å²) in [6.45, 7) is 8.18. The molecule has 2 unspecified atom stereocenters. The quantitative estimate of drug-likeness (QED) is 0.396. The molecule has 2 saturated heterocycles. The van der Waals surface area contributed by atoms with E-state index in [2.05, 4.69) is 24.1 Å². The van der Waals surface area contributed by atoms with Crippen LogP contribution in [0.15, 0.2) is 53.7 Å². The number of allylic oxidation sites excluding steroid dienone is 1. The highest BCUT2D eigenvalue weighted by Crippen LogP contribution is 2.45. The van der Waals surface area contributed by atoms with Crippen LogP contribution in [-0.2, 0) is 11.3 Å². The Balaban J connectivity index is 1.22. The van der Waals surface area contributed by atoms with Gasteiger partial charge in [0.15, 0.2) is 0 Å². The van der Waals surface area contributed by atoms with E-state index in [4.69, 9.17) is 27.9 Å². The number of piperidine rings is 1. The van der Waals surface area contributed by atoms with Gasteiger partial charge in [0.05, 0.1) is 6.61 Å². The molecular formula is C30H37Cl2FN2O. The van der Waals surface area contributed by atoms with Gasteiger partial charge in [-0.1, -0.05) is 49.2 Å². The summed E-state index contributed by atoms with van der Waals surface area (Å²) in [5.74, 6) is 0.744. The van der Waals surface area contributed by atoms with Gasteiger partial charge in [0, 0.05) is 28.3 Å². The van der Waals surface area contributed by atoms with Gasteiger partial charge in [-0.3, -0.25) is 4.90 Å². The molecule has 2 atom stereocenters. The van der Waals surface area contributed by atoms with Crippen LogP contribution in [0.4, 0.5) is 4.39 Å². The van der Waals surface area contributed by atoms with Crippen molar-refractivity contribution in [3.63, 3.8) is 0 Å². The third-order valence-corrected chi connectivity index (χ3v) is 8.81. The lowest BCUT2D eigenvalue weighted by atomic mass is 9.78. The van der Waals surface area contributed by atoms with Crippen LogP contribution >= 0.6 is 23.2 Å². The van der Waals surface area contributed by atoms with Gasteiger partial charge in [-0.05, 0) is 110 Å². The summed E-state index contributed by atoms with van der Waals surface area (Å²) in [4.78, 5) is 2.62. The highest BCUT2D eigenvalue weighted by molar-refractivity contribution is 6.34. The number of nitrogens with one attached hydrogen (secondary N) is 1. The van der Waals surface area contributed by atoms with Crippen LogP contribution in [0.5, 0.6) is 0 Å². The molecule has 3 aliphatic rings. The van der Waals surface area contributed by atoms with Crippen molar-refractivity contribution in [3.8, 4) is 0 Å². The summed E-state index contributed by atoms with van der Waals surface area (Å²) in [5, 5.41) is 5.09. The maximum absolute atomic E-state index is 13.3. The standard InChI is InChI=1S/C30H37Cl2FN2O/c1-20(2)30(29(24-3-4-24)34-18-21-15-25(31)17-26(32)16-21)12-9-28(19-36-30)35-13-10-23(11-14-35)22-5-7-27(33)8-6-22/h5-8,15-17,20,23,28,34H,3-4,9-14,18-19H2,1-2H3. The number of halogens is 3. The Bertz CT molecular complexity index is 1060. The first kappa shape index (κ1) is 26.0. The van der Waals surface area contributed by atoms with Crippen molar-refractivity contribution >= 4 is 23.2 Å². The molecule has 0 spiro atoms. The number of hydrogen-bond acceptors (Lipinski definition) is 3. The van der Waals surface area contributed by atoms with Gasteiger partial charge in [0.1, 0.15) is 11.4 Å². The summed E-state index contributed by atoms with van der Waals surface area (Å²) in [7, 11) is 0. The second-order valence-corrected chi connectivity index (χ2v) is 11.9. The van der Waals surface area contributed by atoms with Gasteiger partial charge >= 0.3 is 0 Å². The van der Waals surface area contributed by atoms with E-state index in [1.54, 1.807) is 18.2 Å². The first-order valence-corrected chi connectivity index (χ1v) is 14.1. The van der Waals surface area contributed by atoms with E-state index in [0.717, 1.165) is 63.8 Å². The first-order chi connectivity index (χ1) is 17.3. The molecule has 6 heteroatoms. The van der Waals surface area contributed by atoms with Crippen molar-refractivity contribution in [1.29, 1.82) is 0 Å². The van der Waals surface area contributed by atoms with E-state index in [0.29, 0.717) is 34.5 Å². The third-order valence-electron chi connectivity index (χ3n) is 8.37. The Morgan fingerprint density at radius 3 is 2.28 bits per heavy atom. The third kappa shape index (κ3) is 5.78. The van der Waals surface area contributed by atoms with E-state index < -0.39 is 0 Å². The first-order valence-electron chi connectivity index (χ1n) is 13.4. The summed E-state index contributed by atoms with van der Waals surface area (Å²) in [6, 6.07) is 13.3.